The smallest absolute Gasteiger partial charge is 0.748 e. The summed E-state index contributed by atoms with van der Waals surface area (Å²) in [4.78, 5) is 0. The summed E-state index contributed by atoms with van der Waals surface area (Å²) in [5.74, 6) is -0.671. The summed E-state index contributed by atoms with van der Waals surface area (Å²) in [6.45, 7) is 5.55. The molecule has 0 N–H and O–H groups in total. The minimum Gasteiger partial charge on any atom is -0.748 e. The van der Waals surface area contributed by atoms with Gasteiger partial charge < -0.3 is 14.0 Å². The molecule has 1 heterocycles. The van der Waals surface area contributed by atoms with E-state index in [1.165, 1.54) is 0 Å². The Kier molecular flexibility index (Phi) is 6.45. The van der Waals surface area contributed by atoms with Gasteiger partial charge in [0, 0.05) is 0 Å². The molecule has 0 spiro atoms. The third-order valence-corrected chi connectivity index (χ3v) is 3.80. The fourth-order valence-corrected chi connectivity index (χ4v) is 2.52. The molecule has 1 aliphatic heterocycles. The van der Waals surface area contributed by atoms with Crippen molar-refractivity contribution in [1.82, 2.24) is 0 Å². The molecule has 0 bridgehead atoms. The molecule has 16 heavy (non-hydrogen) atoms. The number of hydrogen-bond acceptors (Lipinski definition) is 5. The first-order chi connectivity index (χ1) is 6.74. The van der Waals surface area contributed by atoms with E-state index >= 15 is 0 Å². The molecule has 1 fully saturated rings. The van der Waals surface area contributed by atoms with Gasteiger partial charge in [-0.05, 0) is 26.7 Å². The zero-order valence-electron chi connectivity index (χ0n) is 10.2. The third-order valence-electron chi connectivity index (χ3n) is 2.46. The van der Waals surface area contributed by atoms with Crippen molar-refractivity contribution in [3.05, 3.63) is 0 Å². The quantitative estimate of drug-likeness (QED) is 0.426. The van der Waals surface area contributed by atoms with Crippen LogP contribution in [0, 0.1) is 0 Å². The maximum Gasteiger partial charge on any atom is 1.00 e. The summed E-state index contributed by atoms with van der Waals surface area (Å²) in [6.07, 6.45) is 0.228. The van der Waals surface area contributed by atoms with Crippen LogP contribution in [0.4, 0.5) is 0 Å². The SMILES string of the molecule is CC[C@H](CC1COC(C)(C)O1)S(=O)(=O)[O-].[Na+]. The van der Waals surface area contributed by atoms with E-state index in [0.717, 1.165) is 0 Å². The van der Waals surface area contributed by atoms with Crippen LogP contribution in [0.2, 0.25) is 0 Å². The van der Waals surface area contributed by atoms with Crippen LogP contribution >= 0.6 is 0 Å². The van der Waals surface area contributed by atoms with E-state index in [9.17, 15) is 13.0 Å². The average molecular weight is 260 g/mol. The van der Waals surface area contributed by atoms with Gasteiger partial charge in [-0.15, -0.1) is 0 Å². The van der Waals surface area contributed by atoms with Gasteiger partial charge in [0.15, 0.2) is 5.79 Å². The molecule has 7 heteroatoms. The molecular formula is C9H17NaO5S. The van der Waals surface area contributed by atoms with Crippen molar-refractivity contribution >= 4 is 10.1 Å². The van der Waals surface area contributed by atoms with Gasteiger partial charge in [-0.25, -0.2) is 8.42 Å². The van der Waals surface area contributed by atoms with Crippen LogP contribution in [0.1, 0.15) is 33.6 Å². The van der Waals surface area contributed by atoms with Crippen molar-refractivity contribution < 1.29 is 52.0 Å². The molecule has 5 nitrogen and oxygen atoms in total. The summed E-state index contributed by atoms with van der Waals surface area (Å²) >= 11 is 0. The molecule has 1 aliphatic rings. The van der Waals surface area contributed by atoms with E-state index in [4.69, 9.17) is 9.47 Å². The van der Waals surface area contributed by atoms with Crippen LogP contribution in [0.5, 0.6) is 0 Å². The molecule has 2 atom stereocenters. The second-order valence-corrected chi connectivity index (χ2v) is 5.86. The van der Waals surface area contributed by atoms with E-state index in [-0.39, 0.29) is 42.1 Å². The molecule has 0 aromatic carbocycles. The Hall–Kier alpha value is 0.830. The van der Waals surface area contributed by atoms with E-state index in [2.05, 4.69) is 0 Å². The normalized spacial score (nSPS) is 26.1. The van der Waals surface area contributed by atoms with Crippen LogP contribution in [-0.4, -0.2) is 36.7 Å². The van der Waals surface area contributed by atoms with Crippen LogP contribution < -0.4 is 29.6 Å². The predicted octanol–water partition coefficient (Wildman–Crippen LogP) is -2.14. The maximum absolute atomic E-state index is 10.9. The molecule has 0 amide bonds. The van der Waals surface area contributed by atoms with Gasteiger partial charge in [-0.3, -0.25) is 0 Å². The van der Waals surface area contributed by atoms with Gasteiger partial charge in [0.2, 0.25) is 0 Å². The molecular weight excluding hydrogens is 243 g/mol. The fourth-order valence-electron chi connectivity index (χ4n) is 1.66. The Bertz CT molecular complexity index is 314. The van der Waals surface area contributed by atoms with Gasteiger partial charge in [0.05, 0.1) is 28.1 Å². The van der Waals surface area contributed by atoms with E-state index in [1.807, 2.05) is 0 Å². The van der Waals surface area contributed by atoms with Crippen molar-refractivity contribution in [2.24, 2.45) is 0 Å². The summed E-state index contributed by atoms with van der Waals surface area (Å²) in [5, 5.41) is -0.875. The van der Waals surface area contributed by atoms with Crippen LogP contribution in [0.3, 0.4) is 0 Å². The van der Waals surface area contributed by atoms with Crippen molar-refractivity contribution in [2.75, 3.05) is 6.61 Å². The average Bonchev–Trinajstić information content (AvgIpc) is 2.39. The van der Waals surface area contributed by atoms with Crippen LogP contribution in [-0.2, 0) is 19.6 Å². The first kappa shape index (κ1) is 16.8. The Labute approximate surface area is 119 Å². The van der Waals surface area contributed by atoms with E-state index < -0.39 is 21.2 Å². The largest absolute Gasteiger partial charge is 1.00 e. The topological polar surface area (TPSA) is 75.7 Å². The predicted molar refractivity (Wildman–Crippen MR) is 53.3 cm³/mol. The Balaban J connectivity index is 0.00000225. The minimum absolute atomic E-state index is 0. The molecule has 1 saturated heterocycles. The molecule has 90 valence electrons. The molecule has 1 unspecified atom stereocenters. The molecule has 1 rings (SSSR count). The molecule has 0 aromatic heterocycles. The summed E-state index contributed by atoms with van der Waals surface area (Å²) in [7, 11) is -4.23. The Morgan fingerprint density at radius 3 is 2.38 bits per heavy atom. The molecule has 0 aromatic rings. The first-order valence-corrected chi connectivity index (χ1v) is 6.48. The summed E-state index contributed by atoms with van der Waals surface area (Å²) in [6, 6.07) is 0. The zero-order valence-corrected chi connectivity index (χ0v) is 13.0. The van der Waals surface area contributed by atoms with E-state index in [0.29, 0.717) is 13.0 Å². The molecule has 0 radical (unpaired) electrons. The second kappa shape index (κ2) is 6.13. The first-order valence-electron chi connectivity index (χ1n) is 5.01. The van der Waals surface area contributed by atoms with Gasteiger partial charge >= 0.3 is 29.6 Å². The van der Waals surface area contributed by atoms with Crippen molar-refractivity contribution in [3.8, 4) is 0 Å². The van der Waals surface area contributed by atoms with E-state index in [1.54, 1.807) is 20.8 Å². The van der Waals surface area contributed by atoms with Gasteiger partial charge in [-0.2, -0.15) is 0 Å². The summed E-state index contributed by atoms with van der Waals surface area (Å²) in [5.41, 5.74) is 0. The fraction of sp³-hybridized carbons (Fsp3) is 1.00. The number of hydrogen-bond donors (Lipinski definition) is 0. The van der Waals surface area contributed by atoms with Gasteiger partial charge in [-0.1, -0.05) is 6.92 Å². The number of rotatable bonds is 4. The minimum atomic E-state index is -4.23. The van der Waals surface area contributed by atoms with Crippen molar-refractivity contribution in [3.63, 3.8) is 0 Å². The molecule has 0 saturated carbocycles. The standard InChI is InChI=1S/C9H18O5S.Na/c1-4-8(15(10,11)12)5-7-6-13-9(2,3)14-7;/h7-8H,4-6H2,1-3H3,(H,10,11,12);/q;+1/p-1/t7?,8-;/m1./s1. The third kappa shape index (κ3) is 5.00. The van der Waals surface area contributed by atoms with Crippen LogP contribution in [0.15, 0.2) is 0 Å². The summed E-state index contributed by atoms with van der Waals surface area (Å²) < 4.78 is 43.3. The van der Waals surface area contributed by atoms with Gasteiger partial charge in [0.25, 0.3) is 0 Å². The monoisotopic (exact) mass is 260 g/mol. The maximum atomic E-state index is 10.9. The Morgan fingerprint density at radius 2 is 2.06 bits per heavy atom. The van der Waals surface area contributed by atoms with Crippen molar-refractivity contribution in [2.45, 2.75) is 50.8 Å². The van der Waals surface area contributed by atoms with Crippen LogP contribution in [0.25, 0.3) is 0 Å². The Morgan fingerprint density at radius 1 is 1.50 bits per heavy atom. The molecule has 0 aliphatic carbocycles. The second-order valence-electron chi connectivity index (χ2n) is 4.21. The van der Waals surface area contributed by atoms with Crippen molar-refractivity contribution in [1.29, 1.82) is 0 Å². The zero-order chi connectivity index (χ0) is 11.7. The number of ether oxygens (including phenoxy) is 2. The van der Waals surface area contributed by atoms with Gasteiger partial charge in [0.1, 0.15) is 0 Å².